The molecule has 1 heterocycles. The number of methoxy groups -OCH3 is 1. The molecular formula is C25H20N2O3. The first kappa shape index (κ1) is 18.2. The van der Waals surface area contributed by atoms with Gasteiger partial charge in [-0.2, -0.15) is 0 Å². The van der Waals surface area contributed by atoms with Crippen LogP contribution in [0.4, 0.5) is 0 Å². The highest BCUT2D eigenvalue weighted by Crippen LogP contribution is 2.44. The van der Waals surface area contributed by atoms with E-state index in [-0.39, 0.29) is 17.4 Å². The third-order valence-corrected chi connectivity index (χ3v) is 5.75. The molecular weight excluding hydrogens is 376 g/mol. The van der Waals surface area contributed by atoms with Crippen molar-refractivity contribution in [1.82, 2.24) is 4.98 Å². The number of hydrogen-bond donors (Lipinski definition) is 1. The molecule has 5 heteroatoms. The van der Waals surface area contributed by atoms with Crippen molar-refractivity contribution in [2.24, 2.45) is 0 Å². The summed E-state index contributed by atoms with van der Waals surface area (Å²) in [6, 6.07) is 23.9. The Bertz CT molecular complexity index is 1290. The highest BCUT2D eigenvalue weighted by molar-refractivity contribution is 6.00. The van der Waals surface area contributed by atoms with E-state index < -0.39 is 0 Å². The molecule has 1 N–H and O–H groups in total. The van der Waals surface area contributed by atoms with E-state index in [1.807, 2.05) is 60.7 Å². The van der Waals surface area contributed by atoms with Gasteiger partial charge in [0.25, 0.3) is 0 Å². The van der Waals surface area contributed by atoms with Crippen LogP contribution in [-0.2, 0) is 0 Å². The van der Waals surface area contributed by atoms with Crippen LogP contribution in [0.15, 0.2) is 72.8 Å². The molecule has 1 unspecified atom stereocenters. The van der Waals surface area contributed by atoms with Crippen LogP contribution < -0.4 is 4.74 Å². The highest BCUT2D eigenvalue weighted by Gasteiger charge is 2.32. The van der Waals surface area contributed by atoms with Gasteiger partial charge in [0.1, 0.15) is 5.75 Å². The summed E-state index contributed by atoms with van der Waals surface area (Å²) in [6.45, 7) is -0.177. The van der Waals surface area contributed by atoms with Crippen molar-refractivity contribution in [3.05, 3.63) is 111 Å². The molecule has 0 fully saturated rings. The van der Waals surface area contributed by atoms with Crippen LogP contribution in [-0.4, -0.2) is 23.6 Å². The lowest BCUT2D eigenvalue weighted by molar-refractivity contribution is -0.481. The van der Waals surface area contributed by atoms with Gasteiger partial charge in [0.2, 0.25) is 6.54 Å². The van der Waals surface area contributed by atoms with E-state index in [1.54, 1.807) is 7.11 Å². The van der Waals surface area contributed by atoms with Gasteiger partial charge >= 0.3 is 0 Å². The van der Waals surface area contributed by atoms with Crippen LogP contribution >= 0.6 is 0 Å². The first-order valence-electron chi connectivity index (χ1n) is 9.83. The van der Waals surface area contributed by atoms with Crippen molar-refractivity contribution in [1.29, 1.82) is 0 Å². The van der Waals surface area contributed by atoms with Crippen molar-refractivity contribution in [3.8, 4) is 5.75 Å². The Morgan fingerprint density at radius 2 is 1.80 bits per heavy atom. The number of ether oxygens (including phenoxy) is 1. The molecule has 1 aliphatic rings. The maximum atomic E-state index is 11.7. The van der Waals surface area contributed by atoms with Crippen molar-refractivity contribution in [2.75, 3.05) is 13.7 Å². The van der Waals surface area contributed by atoms with Gasteiger partial charge in [-0.3, -0.25) is 10.1 Å². The topological polar surface area (TPSA) is 68.2 Å². The lowest BCUT2D eigenvalue weighted by Crippen LogP contribution is -2.15. The summed E-state index contributed by atoms with van der Waals surface area (Å²) >= 11 is 0. The lowest BCUT2D eigenvalue weighted by atomic mass is 9.87. The number of aromatic amines is 1. The molecule has 0 saturated carbocycles. The lowest BCUT2D eigenvalue weighted by Gasteiger charge is -2.16. The Hall–Kier alpha value is -3.86. The van der Waals surface area contributed by atoms with Gasteiger partial charge in [-0.1, -0.05) is 54.6 Å². The molecule has 30 heavy (non-hydrogen) atoms. The number of benzene rings is 3. The van der Waals surface area contributed by atoms with Crippen LogP contribution in [0.1, 0.15) is 33.9 Å². The van der Waals surface area contributed by atoms with E-state index >= 15 is 0 Å². The average molecular weight is 396 g/mol. The maximum Gasteiger partial charge on any atom is 0.214 e. The third-order valence-electron chi connectivity index (χ3n) is 5.75. The molecule has 4 aromatic rings. The van der Waals surface area contributed by atoms with Crippen molar-refractivity contribution in [2.45, 2.75) is 5.92 Å². The quantitative estimate of drug-likeness (QED) is 0.366. The molecule has 3 aromatic carbocycles. The van der Waals surface area contributed by atoms with Gasteiger partial charge in [0.05, 0.1) is 18.7 Å². The van der Waals surface area contributed by atoms with Crippen LogP contribution in [0.3, 0.4) is 0 Å². The minimum atomic E-state index is -0.371. The second-order valence-corrected chi connectivity index (χ2v) is 7.45. The molecule has 1 aliphatic carbocycles. The molecule has 1 atom stereocenters. The monoisotopic (exact) mass is 396 g/mol. The Labute approximate surface area is 173 Å². The Morgan fingerprint density at radius 3 is 2.57 bits per heavy atom. The largest absolute Gasteiger partial charge is 0.497 e. The fraction of sp³-hybridized carbons (Fsp3) is 0.120. The summed E-state index contributed by atoms with van der Waals surface area (Å²) < 4.78 is 5.45. The molecule has 5 rings (SSSR count). The number of nitro groups is 1. The van der Waals surface area contributed by atoms with Gasteiger partial charge in [0.15, 0.2) is 0 Å². The number of aromatic nitrogens is 1. The Kier molecular flexibility index (Phi) is 4.36. The van der Waals surface area contributed by atoms with Crippen molar-refractivity contribution >= 4 is 22.6 Å². The summed E-state index contributed by atoms with van der Waals surface area (Å²) in [5, 5.41) is 12.6. The van der Waals surface area contributed by atoms with Crippen molar-refractivity contribution < 1.29 is 9.66 Å². The first-order valence-corrected chi connectivity index (χ1v) is 9.83. The van der Waals surface area contributed by atoms with E-state index in [2.05, 4.69) is 23.2 Å². The van der Waals surface area contributed by atoms with Gasteiger partial charge in [-0.25, -0.2) is 0 Å². The van der Waals surface area contributed by atoms with Crippen LogP contribution in [0.5, 0.6) is 5.75 Å². The molecule has 148 valence electrons. The number of nitrogens with one attached hydrogen (secondary N) is 1. The number of H-pyrrole nitrogens is 1. The number of rotatable bonds is 4. The zero-order chi connectivity index (χ0) is 20.7. The summed E-state index contributed by atoms with van der Waals surface area (Å²) in [7, 11) is 1.63. The van der Waals surface area contributed by atoms with Crippen LogP contribution in [0.25, 0.3) is 22.6 Å². The van der Waals surface area contributed by atoms with Crippen LogP contribution in [0.2, 0.25) is 0 Å². The summed E-state index contributed by atoms with van der Waals surface area (Å²) in [5.74, 6) is 0.358. The minimum Gasteiger partial charge on any atom is -0.497 e. The highest BCUT2D eigenvalue weighted by atomic mass is 16.6. The van der Waals surface area contributed by atoms with Gasteiger partial charge < -0.3 is 9.72 Å². The van der Waals surface area contributed by atoms with Crippen molar-refractivity contribution in [3.63, 3.8) is 0 Å². The van der Waals surface area contributed by atoms with Gasteiger partial charge in [-0.15, -0.1) is 0 Å². The second kappa shape index (κ2) is 7.19. The molecule has 0 saturated heterocycles. The molecule has 5 nitrogen and oxygen atoms in total. The number of nitrogens with zero attached hydrogens (tertiary/aromatic N) is 1. The maximum absolute atomic E-state index is 11.7. The summed E-state index contributed by atoms with van der Waals surface area (Å²) in [4.78, 5) is 15.0. The molecule has 0 aliphatic heterocycles. The summed E-state index contributed by atoms with van der Waals surface area (Å²) in [5.41, 5.74) is 6.87. The number of hydrogen-bond acceptors (Lipinski definition) is 3. The first-order chi connectivity index (χ1) is 14.7. The van der Waals surface area contributed by atoms with E-state index in [0.717, 1.165) is 50.2 Å². The predicted octanol–water partition coefficient (Wildman–Crippen LogP) is 5.49. The molecule has 0 spiro atoms. The second-order valence-electron chi connectivity index (χ2n) is 7.45. The summed E-state index contributed by atoms with van der Waals surface area (Å²) in [6.07, 6.45) is 2.13. The van der Waals surface area contributed by atoms with E-state index in [9.17, 15) is 10.1 Å². The third kappa shape index (κ3) is 2.95. The van der Waals surface area contributed by atoms with Crippen LogP contribution in [0, 0.1) is 10.1 Å². The zero-order valence-corrected chi connectivity index (χ0v) is 16.5. The Morgan fingerprint density at radius 1 is 1.03 bits per heavy atom. The smallest absolute Gasteiger partial charge is 0.214 e. The van der Waals surface area contributed by atoms with Gasteiger partial charge in [0, 0.05) is 21.4 Å². The molecule has 0 bridgehead atoms. The number of fused-ring (bicyclic) bond motifs is 4. The molecule has 0 radical (unpaired) electrons. The molecule has 1 aromatic heterocycles. The fourth-order valence-corrected chi connectivity index (χ4v) is 4.42. The predicted molar refractivity (Wildman–Crippen MR) is 118 cm³/mol. The average Bonchev–Trinajstić information content (AvgIpc) is 3.08. The fourth-order valence-electron chi connectivity index (χ4n) is 4.42. The van der Waals surface area contributed by atoms with E-state index in [1.165, 1.54) is 0 Å². The van der Waals surface area contributed by atoms with E-state index in [4.69, 9.17) is 4.74 Å². The van der Waals surface area contributed by atoms with E-state index in [0.29, 0.717) is 0 Å². The Balaban J connectivity index is 1.88. The normalized spacial score (nSPS) is 15.1. The SMILES string of the molecule is COc1ccc2[nH]c3c(c2c1)C(C[N+](=O)[O-])c1ccccc1C=C3c1ccccc1. The molecule has 0 amide bonds. The standard InChI is InChI=1S/C25H20N2O3/c1-30-18-11-12-23-21(14-18)24-22(15-27(28)29)19-10-6-5-9-17(19)13-20(25(24)26-23)16-7-3-2-4-8-16/h2-14,22,26H,15H2,1H3. The minimum absolute atomic E-state index is 0.177. The zero-order valence-electron chi connectivity index (χ0n) is 16.5. The van der Waals surface area contributed by atoms with Gasteiger partial charge in [-0.05, 0) is 46.5 Å².